The molecule has 92 valence electrons. The first kappa shape index (κ1) is 12.4. The maximum atomic E-state index is 10.9. The summed E-state index contributed by atoms with van der Waals surface area (Å²) in [6, 6.07) is 3.24. The highest BCUT2D eigenvalue weighted by molar-refractivity contribution is 9.10. The van der Waals surface area contributed by atoms with Crippen LogP contribution in [-0.4, -0.2) is 14.9 Å². The molecule has 0 saturated carbocycles. The molecule has 7 heteroatoms. The summed E-state index contributed by atoms with van der Waals surface area (Å²) in [5, 5.41) is 13.8. The molecule has 0 fully saturated rings. The van der Waals surface area contributed by atoms with E-state index < -0.39 is 4.92 Å². The lowest BCUT2D eigenvalue weighted by Crippen LogP contribution is -2.00. The molecule has 0 saturated heterocycles. The predicted octanol–water partition coefficient (Wildman–Crippen LogP) is 3.20. The van der Waals surface area contributed by atoms with E-state index >= 15 is 0 Å². The van der Waals surface area contributed by atoms with Gasteiger partial charge in [0.15, 0.2) is 0 Å². The average molecular weight is 309 g/mol. The third-order valence-corrected chi connectivity index (χ3v) is 2.60. The summed E-state index contributed by atoms with van der Waals surface area (Å²) in [4.78, 5) is 18.4. The van der Waals surface area contributed by atoms with Gasteiger partial charge in [-0.15, -0.1) is 0 Å². The van der Waals surface area contributed by atoms with Crippen molar-refractivity contribution in [2.45, 2.75) is 6.92 Å². The molecule has 0 aromatic carbocycles. The number of nitrogens with one attached hydrogen (secondary N) is 1. The third-order valence-electron chi connectivity index (χ3n) is 2.17. The Labute approximate surface area is 111 Å². The lowest BCUT2D eigenvalue weighted by atomic mass is 10.3. The number of anilines is 2. The van der Waals surface area contributed by atoms with Crippen LogP contribution in [0, 0.1) is 17.0 Å². The topological polar surface area (TPSA) is 81.0 Å². The maximum absolute atomic E-state index is 10.9. The highest BCUT2D eigenvalue weighted by atomic mass is 79.9. The summed E-state index contributed by atoms with van der Waals surface area (Å²) in [7, 11) is 0. The van der Waals surface area contributed by atoms with Crippen molar-refractivity contribution in [3.63, 3.8) is 0 Å². The largest absolute Gasteiger partial charge is 0.333 e. The van der Waals surface area contributed by atoms with Gasteiger partial charge in [-0.1, -0.05) is 0 Å². The number of hydrogen-bond donors (Lipinski definition) is 1. The first-order valence-electron chi connectivity index (χ1n) is 5.05. The van der Waals surface area contributed by atoms with Crippen molar-refractivity contribution < 1.29 is 4.92 Å². The summed E-state index contributed by atoms with van der Waals surface area (Å²) in [6.45, 7) is 1.89. The number of pyridine rings is 2. The molecule has 0 aliphatic rings. The van der Waals surface area contributed by atoms with Crippen LogP contribution in [0.5, 0.6) is 0 Å². The number of rotatable bonds is 3. The normalized spacial score (nSPS) is 10.1. The molecule has 0 aliphatic heterocycles. The fraction of sp³-hybridized carbons (Fsp3) is 0.0909. The number of nitrogens with zero attached hydrogens (tertiary/aromatic N) is 3. The first-order valence-corrected chi connectivity index (χ1v) is 5.84. The molecule has 2 aromatic heterocycles. The quantitative estimate of drug-likeness (QED) is 0.695. The average Bonchev–Trinajstić information content (AvgIpc) is 2.31. The number of halogens is 1. The van der Waals surface area contributed by atoms with Gasteiger partial charge in [0.25, 0.3) is 0 Å². The van der Waals surface area contributed by atoms with Crippen molar-refractivity contribution in [2.75, 3.05) is 5.32 Å². The van der Waals surface area contributed by atoms with E-state index in [2.05, 4.69) is 31.2 Å². The van der Waals surface area contributed by atoms with Crippen LogP contribution < -0.4 is 5.32 Å². The lowest BCUT2D eigenvalue weighted by molar-refractivity contribution is -0.384. The Bertz CT molecular complexity index is 603. The predicted molar refractivity (Wildman–Crippen MR) is 70.8 cm³/mol. The van der Waals surface area contributed by atoms with Gasteiger partial charge in [0.2, 0.25) is 5.82 Å². The second-order valence-electron chi connectivity index (χ2n) is 3.65. The monoisotopic (exact) mass is 308 g/mol. The van der Waals surface area contributed by atoms with Crippen molar-refractivity contribution in [2.24, 2.45) is 0 Å². The van der Waals surface area contributed by atoms with Gasteiger partial charge in [-0.05, 0) is 34.5 Å². The molecule has 0 aliphatic carbocycles. The standard InChI is InChI=1S/C11H9BrN4O2/c1-7-2-9(6-13-4-7)15-11-10(16(17)18)3-8(12)5-14-11/h2-6H,1H3,(H,14,15). The van der Waals surface area contributed by atoms with E-state index in [1.165, 1.54) is 12.3 Å². The summed E-state index contributed by atoms with van der Waals surface area (Å²) < 4.78 is 0.558. The molecule has 0 radical (unpaired) electrons. The van der Waals surface area contributed by atoms with Crippen molar-refractivity contribution in [3.05, 3.63) is 50.9 Å². The zero-order valence-corrected chi connectivity index (χ0v) is 11.0. The summed E-state index contributed by atoms with van der Waals surface area (Å²) in [5.41, 5.74) is 1.53. The lowest BCUT2D eigenvalue weighted by Gasteiger charge is -2.06. The number of aromatic nitrogens is 2. The van der Waals surface area contributed by atoms with Gasteiger partial charge >= 0.3 is 5.69 Å². The number of hydrogen-bond acceptors (Lipinski definition) is 5. The van der Waals surface area contributed by atoms with Crippen LogP contribution in [0.15, 0.2) is 35.2 Å². The van der Waals surface area contributed by atoms with E-state index in [4.69, 9.17) is 0 Å². The highest BCUT2D eigenvalue weighted by Gasteiger charge is 2.16. The van der Waals surface area contributed by atoms with Crippen LogP contribution in [0.25, 0.3) is 0 Å². The zero-order valence-electron chi connectivity index (χ0n) is 9.42. The van der Waals surface area contributed by atoms with Crippen LogP contribution in [0.4, 0.5) is 17.2 Å². The maximum Gasteiger partial charge on any atom is 0.312 e. The number of nitro groups is 1. The van der Waals surface area contributed by atoms with Gasteiger partial charge in [-0.25, -0.2) is 4.98 Å². The van der Waals surface area contributed by atoms with Crippen LogP contribution in [0.3, 0.4) is 0 Å². The van der Waals surface area contributed by atoms with E-state index in [1.807, 2.05) is 13.0 Å². The molecule has 18 heavy (non-hydrogen) atoms. The van der Waals surface area contributed by atoms with E-state index in [0.717, 1.165) is 5.56 Å². The SMILES string of the molecule is Cc1cncc(Nc2ncc(Br)cc2[N+](=O)[O-])c1. The summed E-state index contributed by atoms with van der Waals surface area (Å²) in [6.07, 6.45) is 4.79. The molecular formula is C11H9BrN4O2. The molecule has 1 N–H and O–H groups in total. The van der Waals surface area contributed by atoms with Crippen LogP contribution in [0.2, 0.25) is 0 Å². The van der Waals surface area contributed by atoms with E-state index in [1.54, 1.807) is 12.4 Å². The second kappa shape index (κ2) is 5.09. The van der Waals surface area contributed by atoms with Gasteiger partial charge in [0.1, 0.15) is 0 Å². The van der Waals surface area contributed by atoms with Crippen LogP contribution in [-0.2, 0) is 0 Å². The molecule has 0 bridgehead atoms. The van der Waals surface area contributed by atoms with E-state index in [9.17, 15) is 10.1 Å². The Morgan fingerprint density at radius 3 is 2.78 bits per heavy atom. The molecule has 2 heterocycles. The van der Waals surface area contributed by atoms with Crippen molar-refractivity contribution in [1.82, 2.24) is 9.97 Å². The molecule has 2 rings (SSSR count). The van der Waals surface area contributed by atoms with Gasteiger partial charge in [0, 0.05) is 22.9 Å². The Kier molecular flexibility index (Phi) is 3.52. The van der Waals surface area contributed by atoms with Gasteiger partial charge in [-0.2, -0.15) is 0 Å². The Morgan fingerprint density at radius 1 is 1.33 bits per heavy atom. The Balaban J connectivity index is 2.37. The summed E-state index contributed by atoms with van der Waals surface area (Å²) in [5.74, 6) is 0.190. The molecule has 6 nitrogen and oxygen atoms in total. The van der Waals surface area contributed by atoms with Crippen molar-refractivity contribution in [3.8, 4) is 0 Å². The first-order chi connectivity index (χ1) is 8.56. The van der Waals surface area contributed by atoms with Crippen LogP contribution in [0.1, 0.15) is 5.56 Å². The van der Waals surface area contributed by atoms with Gasteiger partial charge < -0.3 is 5.32 Å². The molecule has 0 spiro atoms. The molecule has 0 unspecified atom stereocenters. The minimum Gasteiger partial charge on any atom is -0.333 e. The fourth-order valence-electron chi connectivity index (χ4n) is 1.42. The number of aryl methyl sites for hydroxylation is 1. The van der Waals surface area contributed by atoms with E-state index in [-0.39, 0.29) is 11.5 Å². The van der Waals surface area contributed by atoms with Gasteiger partial charge in [0.05, 0.1) is 16.8 Å². The van der Waals surface area contributed by atoms with E-state index in [0.29, 0.717) is 10.2 Å². The van der Waals surface area contributed by atoms with Crippen molar-refractivity contribution in [1.29, 1.82) is 0 Å². The summed E-state index contributed by atoms with van der Waals surface area (Å²) >= 11 is 3.15. The minimum absolute atomic E-state index is 0.0918. The molecular weight excluding hydrogens is 300 g/mol. The molecule has 2 aromatic rings. The van der Waals surface area contributed by atoms with Gasteiger partial charge in [-0.3, -0.25) is 15.1 Å². The minimum atomic E-state index is -0.483. The van der Waals surface area contributed by atoms with Crippen LogP contribution >= 0.6 is 15.9 Å². The third kappa shape index (κ3) is 2.80. The Hall–Kier alpha value is -2.02. The zero-order chi connectivity index (χ0) is 13.1. The molecule has 0 amide bonds. The molecule has 0 atom stereocenters. The fourth-order valence-corrected chi connectivity index (χ4v) is 1.74. The Morgan fingerprint density at radius 2 is 2.11 bits per heavy atom. The second-order valence-corrected chi connectivity index (χ2v) is 4.57. The van der Waals surface area contributed by atoms with Crippen molar-refractivity contribution >= 4 is 33.1 Å². The smallest absolute Gasteiger partial charge is 0.312 e. The highest BCUT2D eigenvalue weighted by Crippen LogP contribution is 2.27.